The summed E-state index contributed by atoms with van der Waals surface area (Å²) in [5.74, 6) is -0.677. The quantitative estimate of drug-likeness (QED) is 0.648. The fourth-order valence-electron chi connectivity index (χ4n) is 3.97. The van der Waals surface area contributed by atoms with Gasteiger partial charge in [0.25, 0.3) is 5.56 Å². The van der Waals surface area contributed by atoms with Gasteiger partial charge in [-0.25, -0.2) is 9.37 Å². The highest BCUT2D eigenvalue weighted by Gasteiger charge is 2.44. The molecule has 3 aromatic rings. The van der Waals surface area contributed by atoms with Crippen molar-refractivity contribution in [1.82, 2.24) is 9.38 Å². The maximum atomic E-state index is 13.3. The molecule has 1 aromatic carbocycles. The molecule has 4 rings (SSSR count). The van der Waals surface area contributed by atoms with Gasteiger partial charge in [0, 0.05) is 12.3 Å². The summed E-state index contributed by atoms with van der Waals surface area (Å²) >= 11 is 0. The number of benzene rings is 1. The fraction of sp³-hybridized carbons (Fsp3) is 0.318. The first-order valence-corrected chi connectivity index (χ1v) is 9.40. The van der Waals surface area contributed by atoms with Crippen molar-refractivity contribution in [1.29, 1.82) is 0 Å². The van der Waals surface area contributed by atoms with Crippen LogP contribution in [0.4, 0.5) is 4.39 Å². The van der Waals surface area contributed by atoms with Gasteiger partial charge in [-0.2, -0.15) is 0 Å². The van der Waals surface area contributed by atoms with Crippen LogP contribution in [0.15, 0.2) is 53.5 Å². The number of hydrogen-bond donors (Lipinski definition) is 0. The fourth-order valence-corrected chi connectivity index (χ4v) is 3.97. The number of fused-ring (bicyclic) bond motifs is 1. The lowest BCUT2D eigenvalue weighted by molar-refractivity contribution is -0.152. The van der Waals surface area contributed by atoms with Gasteiger partial charge in [0.1, 0.15) is 18.1 Å². The Morgan fingerprint density at radius 3 is 2.61 bits per heavy atom. The van der Waals surface area contributed by atoms with Gasteiger partial charge in [-0.15, -0.1) is 0 Å². The average molecular weight is 380 g/mol. The Hall–Kier alpha value is -3.02. The third-order valence-electron chi connectivity index (χ3n) is 5.46. The minimum Gasteiger partial charge on any atom is -0.458 e. The monoisotopic (exact) mass is 380 g/mol. The first-order valence-electron chi connectivity index (χ1n) is 9.40. The van der Waals surface area contributed by atoms with Gasteiger partial charge >= 0.3 is 5.97 Å². The van der Waals surface area contributed by atoms with E-state index in [-0.39, 0.29) is 24.0 Å². The molecule has 0 radical (unpaired) electrons. The van der Waals surface area contributed by atoms with Crippen molar-refractivity contribution >= 4 is 11.6 Å². The van der Waals surface area contributed by atoms with Crippen LogP contribution in [0.25, 0.3) is 5.65 Å². The van der Waals surface area contributed by atoms with E-state index in [0.717, 1.165) is 24.0 Å². The van der Waals surface area contributed by atoms with Crippen LogP contribution in [0.5, 0.6) is 0 Å². The van der Waals surface area contributed by atoms with Crippen molar-refractivity contribution in [2.45, 2.75) is 44.6 Å². The number of aromatic nitrogens is 2. The molecule has 0 amide bonds. The predicted molar refractivity (Wildman–Crippen MR) is 103 cm³/mol. The van der Waals surface area contributed by atoms with Crippen LogP contribution in [0.1, 0.15) is 42.5 Å². The van der Waals surface area contributed by atoms with Gasteiger partial charge < -0.3 is 4.74 Å². The molecule has 0 spiro atoms. The Balaban J connectivity index is 1.57. The molecule has 1 fully saturated rings. The predicted octanol–water partition coefficient (Wildman–Crippen LogP) is 3.70. The van der Waals surface area contributed by atoms with Gasteiger partial charge in [-0.1, -0.05) is 31.0 Å². The third kappa shape index (κ3) is 3.30. The molecule has 6 heteroatoms. The SMILES string of the molecule is Cc1ccc2nc(COC(=O)C3(c4ccc(F)cc4)CCCC3)cc(=O)n2c1. The van der Waals surface area contributed by atoms with Crippen LogP contribution < -0.4 is 5.56 Å². The Kier molecular flexibility index (Phi) is 4.71. The number of hydrogen-bond acceptors (Lipinski definition) is 4. The highest BCUT2D eigenvalue weighted by molar-refractivity contribution is 5.83. The summed E-state index contributed by atoms with van der Waals surface area (Å²) in [6, 6.07) is 11.1. The van der Waals surface area contributed by atoms with Crippen LogP contribution in [0, 0.1) is 12.7 Å². The van der Waals surface area contributed by atoms with Gasteiger partial charge in [-0.05, 0) is 49.1 Å². The van der Waals surface area contributed by atoms with Crippen molar-refractivity contribution in [3.63, 3.8) is 0 Å². The number of esters is 1. The zero-order chi connectivity index (χ0) is 19.7. The first kappa shape index (κ1) is 18.3. The van der Waals surface area contributed by atoms with E-state index in [4.69, 9.17) is 4.74 Å². The van der Waals surface area contributed by atoms with Gasteiger partial charge in [0.05, 0.1) is 11.1 Å². The van der Waals surface area contributed by atoms with Crippen molar-refractivity contribution in [2.24, 2.45) is 0 Å². The summed E-state index contributed by atoms with van der Waals surface area (Å²) in [6.45, 7) is 1.83. The Morgan fingerprint density at radius 1 is 1.18 bits per heavy atom. The molecule has 0 atom stereocenters. The highest BCUT2D eigenvalue weighted by atomic mass is 19.1. The molecule has 2 heterocycles. The van der Waals surface area contributed by atoms with Crippen molar-refractivity contribution in [3.05, 3.63) is 81.7 Å². The summed E-state index contributed by atoms with van der Waals surface area (Å²) in [5.41, 5.74) is 1.69. The van der Waals surface area contributed by atoms with Gasteiger partial charge in [0.2, 0.25) is 0 Å². The average Bonchev–Trinajstić information content (AvgIpc) is 3.18. The zero-order valence-electron chi connectivity index (χ0n) is 15.7. The third-order valence-corrected chi connectivity index (χ3v) is 5.46. The minimum absolute atomic E-state index is 0.0681. The molecule has 2 aromatic heterocycles. The van der Waals surface area contributed by atoms with Crippen LogP contribution >= 0.6 is 0 Å². The lowest BCUT2D eigenvalue weighted by atomic mass is 9.79. The van der Waals surface area contributed by atoms with Crippen molar-refractivity contribution in [3.8, 4) is 0 Å². The summed E-state index contributed by atoms with van der Waals surface area (Å²) in [7, 11) is 0. The van der Waals surface area contributed by atoms with E-state index in [1.165, 1.54) is 22.6 Å². The second-order valence-corrected chi connectivity index (χ2v) is 7.39. The topological polar surface area (TPSA) is 60.7 Å². The lowest BCUT2D eigenvalue weighted by Crippen LogP contribution is -2.34. The molecule has 0 bridgehead atoms. The molecule has 0 aliphatic heterocycles. The lowest BCUT2D eigenvalue weighted by Gasteiger charge is -2.27. The number of rotatable bonds is 4. The summed E-state index contributed by atoms with van der Waals surface area (Å²) in [4.78, 5) is 29.7. The molecular formula is C22H21FN2O3. The largest absolute Gasteiger partial charge is 0.458 e. The molecular weight excluding hydrogens is 359 g/mol. The molecule has 1 aliphatic carbocycles. The minimum atomic E-state index is -0.753. The Labute approximate surface area is 161 Å². The second kappa shape index (κ2) is 7.19. The van der Waals surface area contributed by atoms with E-state index in [2.05, 4.69) is 4.98 Å². The van der Waals surface area contributed by atoms with E-state index in [1.54, 1.807) is 24.4 Å². The number of carbonyl (C=O) groups is 1. The first-order chi connectivity index (χ1) is 13.5. The molecule has 1 saturated carbocycles. The molecule has 28 heavy (non-hydrogen) atoms. The van der Waals surface area contributed by atoms with E-state index in [0.29, 0.717) is 24.2 Å². The van der Waals surface area contributed by atoms with Crippen LogP contribution in [-0.4, -0.2) is 15.4 Å². The van der Waals surface area contributed by atoms with Gasteiger partial charge in [-0.3, -0.25) is 14.0 Å². The smallest absolute Gasteiger partial charge is 0.316 e. The molecule has 5 nitrogen and oxygen atoms in total. The van der Waals surface area contributed by atoms with Gasteiger partial charge in [0.15, 0.2) is 0 Å². The van der Waals surface area contributed by atoms with E-state index < -0.39 is 5.41 Å². The maximum Gasteiger partial charge on any atom is 0.316 e. The number of pyridine rings is 1. The standard InChI is InChI=1S/C22H21FN2O3/c1-15-4-9-19-24-18(12-20(26)25(19)13-15)14-28-21(27)22(10-2-3-11-22)16-5-7-17(23)8-6-16/h4-9,12-13H,2-3,10-11,14H2,1H3. The number of aryl methyl sites for hydroxylation is 1. The van der Waals surface area contributed by atoms with Crippen molar-refractivity contribution < 1.29 is 13.9 Å². The molecule has 0 unspecified atom stereocenters. The van der Waals surface area contributed by atoms with Crippen LogP contribution in [0.2, 0.25) is 0 Å². The summed E-state index contributed by atoms with van der Waals surface area (Å²) < 4.78 is 20.4. The van der Waals surface area contributed by atoms with Crippen LogP contribution in [-0.2, 0) is 21.6 Å². The van der Waals surface area contributed by atoms with E-state index >= 15 is 0 Å². The summed E-state index contributed by atoms with van der Waals surface area (Å²) in [5, 5.41) is 0. The van der Waals surface area contributed by atoms with E-state index in [9.17, 15) is 14.0 Å². The molecule has 144 valence electrons. The zero-order valence-corrected chi connectivity index (χ0v) is 15.7. The number of carbonyl (C=O) groups excluding carboxylic acids is 1. The summed E-state index contributed by atoms with van der Waals surface area (Å²) in [6.07, 6.45) is 4.90. The number of ether oxygens (including phenoxy) is 1. The highest BCUT2D eigenvalue weighted by Crippen LogP contribution is 2.42. The Morgan fingerprint density at radius 2 is 1.89 bits per heavy atom. The molecule has 0 N–H and O–H groups in total. The normalized spacial score (nSPS) is 15.6. The maximum absolute atomic E-state index is 13.3. The Bertz CT molecular complexity index is 1080. The number of halogens is 1. The van der Waals surface area contributed by atoms with Crippen molar-refractivity contribution in [2.75, 3.05) is 0 Å². The van der Waals surface area contributed by atoms with E-state index in [1.807, 2.05) is 13.0 Å². The second-order valence-electron chi connectivity index (χ2n) is 7.39. The molecule has 1 aliphatic rings. The molecule has 0 saturated heterocycles. The van der Waals surface area contributed by atoms with Crippen LogP contribution in [0.3, 0.4) is 0 Å². The number of nitrogens with zero attached hydrogens (tertiary/aromatic N) is 2.